The van der Waals surface area contributed by atoms with Crippen LogP contribution in [-0.4, -0.2) is 26.1 Å². The zero-order chi connectivity index (χ0) is 17.2. The maximum Gasteiger partial charge on any atom is 0.235 e. The Morgan fingerprint density at radius 3 is 2.67 bits per heavy atom. The smallest absolute Gasteiger partial charge is 0.235 e. The third-order valence-corrected chi connectivity index (χ3v) is 6.92. The van der Waals surface area contributed by atoms with Crippen LogP contribution in [0.1, 0.15) is 57.4 Å². The van der Waals surface area contributed by atoms with Crippen molar-refractivity contribution in [3.05, 3.63) is 23.8 Å². The maximum atomic E-state index is 12.6. The fourth-order valence-electron chi connectivity index (χ4n) is 3.73. The van der Waals surface area contributed by atoms with E-state index < -0.39 is 10.0 Å². The summed E-state index contributed by atoms with van der Waals surface area (Å²) >= 11 is 0. The number of rotatable bonds is 4. The molecule has 0 saturated heterocycles. The Morgan fingerprint density at radius 2 is 1.96 bits per heavy atom. The molecule has 6 heteroatoms. The molecule has 1 fully saturated rings. The molecule has 1 aliphatic carbocycles. The molecule has 2 aliphatic rings. The molecule has 0 spiro atoms. The van der Waals surface area contributed by atoms with E-state index in [1.165, 1.54) is 0 Å². The number of fused-ring (bicyclic) bond motifs is 1. The summed E-state index contributed by atoms with van der Waals surface area (Å²) in [4.78, 5) is 13.9. The molecular weight excluding hydrogens is 324 g/mol. The molecule has 0 radical (unpaired) electrons. The van der Waals surface area contributed by atoms with Crippen LogP contribution < -0.4 is 9.62 Å². The Balaban J connectivity index is 1.80. The molecule has 1 heterocycles. The molecule has 1 aromatic rings. The number of aryl methyl sites for hydroxylation is 1. The molecule has 1 aliphatic heterocycles. The minimum Gasteiger partial charge on any atom is -0.312 e. The van der Waals surface area contributed by atoms with Crippen LogP contribution in [0.2, 0.25) is 0 Å². The molecular formula is C18H26N2O3S. The molecule has 1 amide bonds. The maximum absolute atomic E-state index is 12.6. The first-order valence-electron chi connectivity index (χ1n) is 8.96. The van der Waals surface area contributed by atoms with Crippen LogP contribution >= 0.6 is 0 Å². The zero-order valence-corrected chi connectivity index (χ0v) is 15.1. The van der Waals surface area contributed by atoms with Crippen LogP contribution in [0.15, 0.2) is 18.2 Å². The van der Waals surface area contributed by atoms with E-state index in [4.69, 9.17) is 0 Å². The van der Waals surface area contributed by atoms with Gasteiger partial charge in [-0.15, -0.1) is 0 Å². The normalized spacial score (nSPS) is 19.0. The molecule has 1 aromatic carbocycles. The van der Waals surface area contributed by atoms with Crippen molar-refractivity contribution >= 4 is 27.3 Å². The Labute approximate surface area is 144 Å². The second-order valence-electron chi connectivity index (χ2n) is 6.75. The zero-order valence-electron chi connectivity index (χ0n) is 14.3. The number of hydrogen-bond acceptors (Lipinski definition) is 3. The van der Waals surface area contributed by atoms with E-state index in [0.717, 1.165) is 62.7 Å². The van der Waals surface area contributed by atoms with E-state index in [9.17, 15) is 13.2 Å². The van der Waals surface area contributed by atoms with Gasteiger partial charge < -0.3 is 4.90 Å². The lowest BCUT2D eigenvalue weighted by atomic mass is 10.0. The average Bonchev–Trinajstić information content (AvgIpc) is 2.60. The van der Waals surface area contributed by atoms with Crippen LogP contribution in [0.5, 0.6) is 0 Å². The number of sulfonamides is 1. The van der Waals surface area contributed by atoms with Crippen molar-refractivity contribution in [2.45, 2.75) is 63.5 Å². The first kappa shape index (κ1) is 17.3. The van der Waals surface area contributed by atoms with Gasteiger partial charge in [-0.05, 0) is 49.4 Å². The summed E-state index contributed by atoms with van der Waals surface area (Å²) in [7, 11) is -3.33. The van der Waals surface area contributed by atoms with Crippen molar-refractivity contribution in [1.82, 2.24) is 0 Å². The molecule has 0 atom stereocenters. The predicted octanol–water partition coefficient (Wildman–Crippen LogP) is 3.45. The van der Waals surface area contributed by atoms with Gasteiger partial charge in [-0.25, -0.2) is 8.42 Å². The Bertz CT molecular complexity index is 709. The summed E-state index contributed by atoms with van der Waals surface area (Å²) in [6.45, 7) is 2.61. The van der Waals surface area contributed by atoms with Gasteiger partial charge in [-0.2, -0.15) is 0 Å². The molecule has 132 valence electrons. The van der Waals surface area contributed by atoms with Crippen molar-refractivity contribution in [3.8, 4) is 0 Å². The van der Waals surface area contributed by atoms with Gasteiger partial charge in [0.25, 0.3) is 0 Å². The van der Waals surface area contributed by atoms with E-state index in [2.05, 4.69) is 4.72 Å². The Kier molecular flexibility index (Phi) is 5.13. The first-order chi connectivity index (χ1) is 11.5. The van der Waals surface area contributed by atoms with Crippen molar-refractivity contribution in [1.29, 1.82) is 0 Å². The fraction of sp³-hybridized carbons (Fsp3) is 0.611. The molecule has 0 aromatic heterocycles. The number of anilines is 2. The molecule has 1 N–H and O–H groups in total. The van der Waals surface area contributed by atoms with Gasteiger partial charge in [-0.3, -0.25) is 9.52 Å². The second kappa shape index (κ2) is 7.13. The van der Waals surface area contributed by atoms with Crippen LogP contribution in [0, 0.1) is 0 Å². The summed E-state index contributed by atoms with van der Waals surface area (Å²) in [5.74, 6) is 0.117. The summed E-state index contributed by atoms with van der Waals surface area (Å²) in [6, 6.07) is 5.55. The van der Waals surface area contributed by atoms with E-state index in [1.807, 2.05) is 24.0 Å². The van der Waals surface area contributed by atoms with Gasteiger partial charge in [0, 0.05) is 24.3 Å². The first-order valence-corrected chi connectivity index (χ1v) is 10.5. The molecule has 0 unspecified atom stereocenters. The Morgan fingerprint density at radius 1 is 1.21 bits per heavy atom. The van der Waals surface area contributed by atoms with Gasteiger partial charge in [0.1, 0.15) is 0 Å². The second-order valence-corrected chi connectivity index (χ2v) is 8.71. The van der Waals surface area contributed by atoms with E-state index >= 15 is 0 Å². The van der Waals surface area contributed by atoms with Crippen molar-refractivity contribution in [2.24, 2.45) is 0 Å². The number of nitrogens with zero attached hydrogens (tertiary/aromatic N) is 1. The average molecular weight is 350 g/mol. The van der Waals surface area contributed by atoms with Gasteiger partial charge >= 0.3 is 0 Å². The Hall–Kier alpha value is -1.56. The van der Waals surface area contributed by atoms with Gasteiger partial charge in [0.15, 0.2) is 0 Å². The molecule has 5 nitrogen and oxygen atoms in total. The van der Waals surface area contributed by atoms with E-state index in [-0.39, 0.29) is 11.2 Å². The highest BCUT2D eigenvalue weighted by Crippen LogP contribution is 2.31. The SMILES string of the molecule is CCC(=O)N1CCCc2cc(NS(=O)(=O)C3CCCCC3)ccc21. The molecule has 1 saturated carbocycles. The largest absolute Gasteiger partial charge is 0.312 e. The number of hydrogen-bond donors (Lipinski definition) is 1. The van der Waals surface area contributed by atoms with Gasteiger partial charge in [-0.1, -0.05) is 26.2 Å². The number of nitrogens with one attached hydrogen (secondary N) is 1. The molecule has 3 rings (SSSR count). The minimum absolute atomic E-state index is 0.117. The van der Waals surface area contributed by atoms with E-state index in [1.54, 1.807) is 6.07 Å². The number of carbonyl (C=O) groups is 1. The van der Waals surface area contributed by atoms with Crippen LogP contribution in [0.4, 0.5) is 11.4 Å². The fourth-order valence-corrected chi connectivity index (χ4v) is 5.31. The summed E-state index contributed by atoms with van der Waals surface area (Å²) in [5.41, 5.74) is 2.59. The topological polar surface area (TPSA) is 66.5 Å². The van der Waals surface area contributed by atoms with Crippen LogP contribution in [0.25, 0.3) is 0 Å². The van der Waals surface area contributed by atoms with Crippen LogP contribution in [-0.2, 0) is 21.2 Å². The van der Waals surface area contributed by atoms with Crippen molar-refractivity contribution in [2.75, 3.05) is 16.2 Å². The summed E-state index contributed by atoms with van der Waals surface area (Å²) in [5, 5.41) is -0.277. The lowest BCUT2D eigenvalue weighted by Gasteiger charge is -2.30. The molecule has 0 bridgehead atoms. The highest BCUT2D eigenvalue weighted by molar-refractivity contribution is 7.93. The summed E-state index contributed by atoms with van der Waals surface area (Å²) < 4.78 is 27.9. The van der Waals surface area contributed by atoms with Crippen molar-refractivity contribution in [3.63, 3.8) is 0 Å². The third kappa shape index (κ3) is 3.58. The quantitative estimate of drug-likeness (QED) is 0.904. The number of amides is 1. The number of carbonyl (C=O) groups excluding carboxylic acids is 1. The monoisotopic (exact) mass is 350 g/mol. The predicted molar refractivity (Wildman–Crippen MR) is 96.8 cm³/mol. The van der Waals surface area contributed by atoms with Gasteiger partial charge in [0.05, 0.1) is 5.25 Å². The van der Waals surface area contributed by atoms with Crippen LogP contribution in [0.3, 0.4) is 0 Å². The highest BCUT2D eigenvalue weighted by atomic mass is 32.2. The minimum atomic E-state index is -3.33. The van der Waals surface area contributed by atoms with E-state index in [0.29, 0.717) is 12.1 Å². The standard InChI is InChI=1S/C18H26N2O3S/c1-2-18(21)20-12-6-7-14-13-15(10-11-17(14)20)19-24(22,23)16-8-4-3-5-9-16/h10-11,13,16,19H,2-9,12H2,1H3. The summed E-state index contributed by atoms with van der Waals surface area (Å²) in [6.07, 6.45) is 6.88. The van der Waals surface area contributed by atoms with Crippen molar-refractivity contribution < 1.29 is 13.2 Å². The lowest BCUT2D eigenvalue weighted by molar-refractivity contribution is -0.118. The highest BCUT2D eigenvalue weighted by Gasteiger charge is 2.28. The third-order valence-electron chi connectivity index (χ3n) is 5.05. The van der Waals surface area contributed by atoms with Gasteiger partial charge in [0.2, 0.25) is 15.9 Å². The lowest BCUT2D eigenvalue weighted by Crippen LogP contribution is -2.35. The number of benzene rings is 1. The molecule has 24 heavy (non-hydrogen) atoms.